The molecule has 1 N–H and O–H groups in total. The molecule has 0 bridgehead atoms. The third kappa shape index (κ3) is 5.44. The van der Waals surface area contributed by atoms with Crippen LogP contribution in [0.25, 0.3) is 0 Å². The zero-order valence-electron chi connectivity index (χ0n) is 14.5. The average molecular weight is 377 g/mol. The fourth-order valence-corrected chi connectivity index (χ4v) is 3.63. The van der Waals surface area contributed by atoms with Crippen molar-refractivity contribution < 1.29 is 18.0 Å². The first kappa shape index (κ1) is 20.9. The van der Waals surface area contributed by atoms with Crippen molar-refractivity contribution in [1.29, 1.82) is 0 Å². The van der Waals surface area contributed by atoms with Crippen LogP contribution < -0.4 is 5.32 Å². The summed E-state index contributed by atoms with van der Waals surface area (Å²) in [6.45, 7) is 4.05. The molecule has 1 amide bonds. The molecule has 0 heterocycles. The maximum atomic E-state index is 12.3. The molecular formula is C16H25ClN2O4S. The summed E-state index contributed by atoms with van der Waals surface area (Å²) in [5.74, 6) is -0.327. The number of halogens is 1. The van der Waals surface area contributed by atoms with Crippen LogP contribution in [0.15, 0.2) is 23.1 Å². The number of hydroxylamine groups is 1. The number of rotatable bonds is 9. The van der Waals surface area contributed by atoms with Crippen molar-refractivity contribution in [2.24, 2.45) is 0 Å². The molecule has 136 valence electrons. The van der Waals surface area contributed by atoms with Crippen LogP contribution in [-0.4, -0.2) is 39.0 Å². The second-order valence-corrected chi connectivity index (χ2v) is 7.92. The Morgan fingerprint density at radius 2 is 2.04 bits per heavy atom. The molecule has 0 saturated heterocycles. The highest BCUT2D eigenvalue weighted by Gasteiger charge is 2.25. The summed E-state index contributed by atoms with van der Waals surface area (Å²) >= 11 is 5.98. The van der Waals surface area contributed by atoms with Gasteiger partial charge in [-0.3, -0.25) is 9.63 Å². The van der Waals surface area contributed by atoms with Crippen molar-refractivity contribution in [1.82, 2.24) is 9.79 Å². The normalized spacial score (nSPS) is 13.1. The van der Waals surface area contributed by atoms with E-state index in [0.29, 0.717) is 4.47 Å². The minimum absolute atomic E-state index is 0.0152. The Morgan fingerprint density at radius 3 is 2.62 bits per heavy atom. The van der Waals surface area contributed by atoms with Crippen LogP contribution in [0.3, 0.4) is 0 Å². The summed E-state index contributed by atoms with van der Waals surface area (Å²) in [5, 5.41) is 2.91. The Labute approximate surface area is 149 Å². The number of hydrogen-bond donors (Lipinski definition) is 1. The fourth-order valence-electron chi connectivity index (χ4n) is 2.16. The van der Waals surface area contributed by atoms with Gasteiger partial charge in [-0.15, -0.1) is 0 Å². The van der Waals surface area contributed by atoms with E-state index in [1.54, 1.807) is 0 Å². The van der Waals surface area contributed by atoms with Crippen LogP contribution in [0.1, 0.15) is 49.9 Å². The molecule has 1 atom stereocenters. The minimum Gasteiger partial charge on any atom is -0.350 e. The highest BCUT2D eigenvalue weighted by atomic mass is 35.5. The predicted octanol–water partition coefficient (Wildman–Crippen LogP) is 3.22. The van der Waals surface area contributed by atoms with Crippen LogP contribution in [0, 0.1) is 0 Å². The van der Waals surface area contributed by atoms with E-state index in [-0.39, 0.29) is 27.4 Å². The lowest BCUT2D eigenvalue weighted by Crippen LogP contribution is -2.33. The van der Waals surface area contributed by atoms with Crippen molar-refractivity contribution >= 4 is 27.5 Å². The molecule has 0 aliphatic heterocycles. The summed E-state index contributed by atoms with van der Waals surface area (Å²) in [7, 11) is -1.43. The Balaban J connectivity index is 2.95. The van der Waals surface area contributed by atoms with Gasteiger partial charge in [0.2, 0.25) is 0 Å². The predicted molar refractivity (Wildman–Crippen MR) is 94.5 cm³/mol. The summed E-state index contributed by atoms with van der Waals surface area (Å²) in [6, 6.07) is 4.18. The topological polar surface area (TPSA) is 75.7 Å². The summed E-state index contributed by atoms with van der Waals surface area (Å²) in [6.07, 6.45) is 4.15. The van der Waals surface area contributed by atoms with Gasteiger partial charge in [-0.05, 0) is 31.5 Å². The van der Waals surface area contributed by atoms with E-state index < -0.39 is 10.0 Å². The molecule has 0 unspecified atom stereocenters. The fraction of sp³-hybridized carbons (Fsp3) is 0.562. The number of carbonyl (C=O) groups is 1. The highest BCUT2D eigenvalue weighted by Crippen LogP contribution is 2.25. The number of amides is 1. The number of carbonyl (C=O) groups excluding carboxylic acids is 1. The van der Waals surface area contributed by atoms with E-state index in [0.717, 1.165) is 25.7 Å². The average Bonchev–Trinajstić information content (AvgIpc) is 2.54. The van der Waals surface area contributed by atoms with Crippen LogP contribution in [0.5, 0.6) is 0 Å². The minimum atomic E-state index is -3.92. The maximum absolute atomic E-state index is 12.3. The van der Waals surface area contributed by atoms with Crippen molar-refractivity contribution in [2.45, 2.75) is 50.5 Å². The van der Waals surface area contributed by atoms with Gasteiger partial charge in [-0.1, -0.05) is 42.3 Å². The largest absolute Gasteiger partial charge is 0.350 e. The highest BCUT2D eigenvalue weighted by molar-refractivity contribution is 7.89. The molecule has 0 radical (unpaired) electrons. The van der Waals surface area contributed by atoms with Gasteiger partial charge in [-0.2, -0.15) is 0 Å². The number of nitrogens with zero attached hydrogens (tertiary/aromatic N) is 1. The third-order valence-corrected chi connectivity index (χ3v) is 5.85. The first-order valence-corrected chi connectivity index (χ1v) is 9.69. The third-order valence-electron chi connectivity index (χ3n) is 3.69. The van der Waals surface area contributed by atoms with Gasteiger partial charge in [-0.25, -0.2) is 8.42 Å². The van der Waals surface area contributed by atoms with Gasteiger partial charge >= 0.3 is 0 Å². The summed E-state index contributed by atoms with van der Waals surface area (Å²) in [4.78, 5) is 16.9. The first-order valence-electron chi connectivity index (χ1n) is 7.87. The first-order chi connectivity index (χ1) is 11.2. The second-order valence-electron chi connectivity index (χ2n) is 5.61. The molecule has 0 fully saturated rings. The van der Waals surface area contributed by atoms with Crippen molar-refractivity contribution in [3.63, 3.8) is 0 Å². The van der Waals surface area contributed by atoms with E-state index in [1.807, 2.05) is 6.92 Å². The molecule has 1 aromatic carbocycles. The number of sulfonamides is 1. The SMILES string of the molecule is CCCCC[C@@H](C)NC(=O)c1ccc(Cl)c(S(=O)(=O)N(C)OC)c1. The van der Waals surface area contributed by atoms with Crippen LogP contribution in [-0.2, 0) is 14.9 Å². The second kappa shape index (κ2) is 9.36. The molecule has 8 heteroatoms. The lowest BCUT2D eigenvalue weighted by atomic mass is 10.1. The van der Waals surface area contributed by atoms with Gasteiger partial charge < -0.3 is 5.32 Å². The summed E-state index contributed by atoms with van der Waals surface area (Å²) < 4.78 is 25.4. The van der Waals surface area contributed by atoms with Crippen LogP contribution >= 0.6 is 11.6 Å². The number of nitrogens with one attached hydrogen (secondary N) is 1. The molecule has 24 heavy (non-hydrogen) atoms. The Hall–Kier alpha value is -1.15. The van der Waals surface area contributed by atoms with Crippen molar-refractivity contribution in [2.75, 3.05) is 14.2 Å². The number of unbranched alkanes of at least 4 members (excludes halogenated alkanes) is 2. The van der Waals surface area contributed by atoms with Crippen molar-refractivity contribution in [3.8, 4) is 0 Å². The molecule has 0 spiro atoms. The van der Waals surface area contributed by atoms with Gasteiger partial charge in [0.05, 0.1) is 12.1 Å². The van der Waals surface area contributed by atoms with Gasteiger partial charge in [0.1, 0.15) is 4.90 Å². The lowest BCUT2D eigenvalue weighted by Gasteiger charge is -2.17. The standard InChI is InChI=1S/C16H25ClN2O4S/c1-5-6-7-8-12(2)18-16(20)13-9-10-14(17)15(11-13)24(21,22)19(3)23-4/h9-12H,5-8H2,1-4H3,(H,18,20)/t12-/m1/s1. The van der Waals surface area contributed by atoms with E-state index >= 15 is 0 Å². The molecule has 0 aliphatic rings. The molecule has 0 aromatic heterocycles. The molecule has 0 saturated carbocycles. The van der Waals surface area contributed by atoms with E-state index in [1.165, 1.54) is 32.4 Å². The quantitative estimate of drug-likeness (QED) is 0.530. The van der Waals surface area contributed by atoms with Crippen LogP contribution in [0.4, 0.5) is 0 Å². The zero-order valence-corrected chi connectivity index (χ0v) is 16.1. The number of hydrogen-bond acceptors (Lipinski definition) is 4. The van der Waals surface area contributed by atoms with Gasteiger partial charge in [0, 0.05) is 18.7 Å². The molecular weight excluding hydrogens is 352 g/mol. The van der Waals surface area contributed by atoms with E-state index in [2.05, 4.69) is 12.2 Å². The van der Waals surface area contributed by atoms with Gasteiger partial charge in [0.15, 0.2) is 0 Å². The molecule has 0 aliphatic carbocycles. The van der Waals surface area contributed by atoms with E-state index in [4.69, 9.17) is 16.4 Å². The van der Waals surface area contributed by atoms with E-state index in [9.17, 15) is 13.2 Å². The monoisotopic (exact) mass is 376 g/mol. The number of benzene rings is 1. The molecule has 1 rings (SSSR count). The Kier molecular flexibility index (Phi) is 8.15. The Bertz CT molecular complexity index is 664. The zero-order chi connectivity index (χ0) is 18.3. The molecule has 6 nitrogen and oxygen atoms in total. The summed E-state index contributed by atoms with van der Waals surface area (Å²) in [5.41, 5.74) is 0.241. The maximum Gasteiger partial charge on any atom is 0.266 e. The lowest BCUT2D eigenvalue weighted by molar-refractivity contribution is -0.0258. The van der Waals surface area contributed by atoms with Gasteiger partial charge in [0.25, 0.3) is 15.9 Å². The molecule has 1 aromatic rings. The smallest absolute Gasteiger partial charge is 0.266 e. The van der Waals surface area contributed by atoms with Crippen molar-refractivity contribution in [3.05, 3.63) is 28.8 Å². The Morgan fingerprint density at radius 1 is 1.38 bits per heavy atom. The van der Waals surface area contributed by atoms with Crippen LogP contribution in [0.2, 0.25) is 5.02 Å².